The lowest BCUT2D eigenvalue weighted by Gasteiger charge is -2.20. The number of aryl methyl sites for hydroxylation is 1. The summed E-state index contributed by atoms with van der Waals surface area (Å²) in [5, 5.41) is 0. The third kappa shape index (κ3) is 3.91. The summed E-state index contributed by atoms with van der Waals surface area (Å²) >= 11 is 0. The van der Waals surface area contributed by atoms with Crippen molar-refractivity contribution in [1.29, 1.82) is 0 Å². The van der Waals surface area contributed by atoms with E-state index in [2.05, 4.69) is 58.0 Å². The Hall–Kier alpha value is -2.15. The predicted molar refractivity (Wildman–Crippen MR) is 90.6 cm³/mol. The molecule has 0 N–H and O–H groups in total. The van der Waals surface area contributed by atoms with Crippen LogP contribution in [0.1, 0.15) is 53.4 Å². The number of benzene rings is 2. The van der Waals surface area contributed by atoms with E-state index in [0.717, 1.165) is 17.4 Å². The first-order valence-electron chi connectivity index (χ1n) is 7.24. The minimum atomic E-state index is 0.0320. The van der Waals surface area contributed by atoms with E-state index in [0.29, 0.717) is 0 Å². The molecule has 0 aliphatic carbocycles. The maximum Gasteiger partial charge on any atom is 0.150 e. The molecule has 0 radical (unpaired) electrons. The number of rotatable bonds is 3. The van der Waals surface area contributed by atoms with Crippen LogP contribution in [0.3, 0.4) is 0 Å². The van der Waals surface area contributed by atoms with Crippen LogP contribution in [0.25, 0.3) is 12.2 Å². The van der Waals surface area contributed by atoms with Crippen molar-refractivity contribution in [3.05, 3.63) is 70.3 Å². The van der Waals surface area contributed by atoms with Gasteiger partial charge in [0.15, 0.2) is 0 Å². The fourth-order valence-corrected chi connectivity index (χ4v) is 2.23. The zero-order chi connectivity index (χ0) is 15.5. The molecule has 1 heteroatoms. The molecule has 0 bridgehead atoms. The molecule has 0 saturated heterocycles. The standard InChI is InChI=1S/C20H22O/c1-15-7-5-6-8-18(15)10-9-16-11-17(14-21)13-19(12-16)20(2,3)4/h5-14H,1-4H3/b10-9+. The number of hydrogen-bond donors (Lipinski definition) is 0. The summed E-state index contributed by atoms with van der Waals surface area (Å²) in [5.74, 6) is 0. The highest BCUT2D eigenvalue weighted by atomic mass is 16.1. The summed E-state index contributed by atoms with van der Waals surface area (Å²) in [6.07, 6.45) is 5.09. The molecule has 0 spiro atoms. The van der Waals surface area contributed by atoms with Crippen molar-refractivity contribution < 1.29 is 4.79 Å². The van der Waals surface area contributed by atoms with Gasteiger partial charge in [0.25, 0.3) is 0 Å². The maximum atomic E-state index is 11.1. The zero-order valence-electron chi connectivity index (χ0n) is 13.2. The van der Waals surface area contributed by atoms with Crippen LogP contribution in [0.15, 0.2) is 42.5 Å². The Morgan fingerprint density at radius 3 is 2.19 bits per heavy atom. The third-order valence-corrected chi connectivity index (χ3v) is 3.62. The molecule has 2 aromatic carbocycles. The predicted octanol–water partition coefficient (Wildman–Crippen LogP) is 5.28. The SMILES string of the molecule is Cc1ccccc1/C=C/c1cc(C=O)cc(C(C)(C)C)c1. The van der Waals surface area contributed by atoms with Crippen LogP contribution in [-0.2, 0) is 5.41 Å². The molecule has 0 aliphatic rings. The van der Waals surface area contributed by atoms with Crippen LogP contribution < -0.4 is 0 Å². The van der Waals surface area contributed by atoms with Gasteiger partial charge in [-0.25, -0.2) is 0 Å². The Morgan fingerprint density at radius 1 is 0.905 bits per heavy atom. The van der Waals surface area contributed by atoms with Gasteiger partial charge in [0.2, 0.25) is 0 Å². The van der Waals surface area contributed by atoms with Gasteiger partial charge in [-0.15, -0.1) is 0 Å². The molecule has 0 fully saturated rings. The van der Waals surface area contributed by atoms with Gasteiger partial charge in [-0.3, -0.25) is 4.79 Å². The van der Waals surface area contributed by atoms with Crippen LogP contribution in [0.5, 0.6) is 0 Å². The molecular weight excluding hydrogens is 256 g/mol. The smallest absolute Gasteiger partial charge is 0.150 e. The lowest BCUT2D eigenvalue weighted by atomic mass is 9.85. The molecule has 21 heavy (non-hydrogen) atoms. The second-order valence-corrected chi connectivity index (χ2v) is 6.45. The minimum absolute atomic E-state index is 0.0320. The lowest BCUT2D eigenvalue weighted by molar-refractivity contribution is 0.112. The highest BCUT2D eigenvalue weighted by molar-refractivity contribution is 5.79. The molecule has 0 heterocycles. The van der Waals surface area contributed by atoms with E-state index < -0.39 is 0 Å². The van der Waals surface area contributed by atoms with Crippen molar-refractivity contribution in [3.8, 4) is 0 Å². The summed E-state index contributed by atoms with van der Waals surface area (Å²) in [7, 11) is 0. The molecule has 2 aromatic rings. The monoisotopic (exact) mass is 278 g/mol. The molecule has 0 atom stereocenters. The Bertz CT molecular complexity index is 672. The summed E-state index contributed by atoms with van der Waals surface area (Å²) in [5.41, 5.74) is 5.45. The second kappa shape index (κ2) is 6.09. The number of hydrogen-bond acceptors (Lipinski definition) is 1. The Labute approximate surface area is 127 Å². The number of carbonyl (C=O) groups is 1. The molecule has 1 nitrogen and oxygen atoms in total. The normalized spacial score (nSPS) is 11.8. The molecule has 0 aromatic heterocycles. The Balaban J connectivity index is 2.40. The molecule has 108 valence electrons. The van der Waals surface area contributed by atoms with Gasteiger partial charge >= 0.3 is 0 Å². The van der Waals surface area contributed by atoms with Crippen LogP contribution in [0.4, 0.5) is 0 Å². The van der Waals surface area contributed by atoms with E-state index in [9.17, 15) is 4.79 Å². The van der Waals surface area contributed by atoms with E-state index in [-0.39, 0.29) is 5.41 Å². The van der Waals surface area contributed by atoms with Crippen LogP contribution in [0.2, 0.25) is 0 Å². The fraction of sp³-hybridized carbons (Fsp3) is 0.250. The minimum Gasteiger partial charge on any atom is -0.298 e. The average Bonchev–Trinajstić information content (AvgIpc) is 2.45. The van der Waals surface area contributed by atoms with Crippen molar-refractivity contribution in [1.82, 2.24) is 0 Å². The molecule has 0 unspecified atom stereocenters. The van der Waals surface area contributed by atoms with E-state index in [4.69, 9.17) is 0 Å². The average molecular weight is 278 g/mol. The Kier molecular flexibility index (Phi) is 4.42. The summed E-state index contributed by atoms with van der Waals surface area (Å²) < 4.78 is 0. The van der Waals surface area contributed by atoms with Crippen molar-refractivity contribution in [2.24, 2.45) is 0 Å². The Morgan fingerprint density at radius 2 is 1.57 bits per heavy atom. The van der Waals surface area contributed by atoms with Gasteiger partial charge in [0, 0.05) is 5.56 Å². The first-order chi connectivity index (χ1) is 9.90. The first-order valence-corrected chi connectivity index (χ1v) is 7.24. The fourth-order valence-electron chi connectivity index (χ4n) is 2.23. The zero-order valence-corrected chi connectivity index (χ0v) is 13.2. The van der Waals surface area contributed by atoms with Crippen LogP contribution in [-0.4, -0.2) is 6.29 Å². The van der Waals surface area contributed by atoms with Crippen LogP contribution in [0, 0.1) is 6.92 Å². The molecule has 0 saturated carbocycles. The van der Waals surface area contributed by atoms with Crippen molar-refractivity contribution in [2.75, 3.05) is 0 Å². The lowest BCUT2D eigenvalue weighted by Crippen LogP contribution is -2.11. The van der Waals surface area contributed by atoms with Gasteiger partial charge in [0.1, 0.15) is 6.29 Å². The van der Waals surface area contributed by atoms with E-state index in [1.807, 2.05) is 24.3 Å². The molecule has 0 amide bonds. The van der Waals surface area contributed by atoms with E-state index >= 15 is 0 Å². The van der Waals surface area contributed by atoms with E-state index in [1.54, 1.807) is 0 Å². The number of carbonyl (C=O) groups excluding carboxylic acids is 1. The first kappa shape index (κ1) is 15.2. The van der Waals surface area contributed by atoms with Gasteiger partial charge in [-0.1, -0.05) is 63.3 Å². The highest BCUT2D eigenvalue weighted by Crippen LogP contribution is 2.25. The summed E-state index contributed by atoms with van der Waals surface area (Å²) in [4.78, 5) is 11.1. The summed E-state index contributed by atoms with van der Waals surface area (Å²) in [6, 6.07) is 14.3. The topological polar surface area (TPSA) is 17.1 Å². The van der Waals surface area contributed by atoms with Crippen LogP contribution >= 0.6 is 0 Å². The number of aldehydes is 1. The third-order valence-electron chi connectivity index (χ3n) is 3.62. The van der Waals surface area contributed by atoms with Gasteiger partial charge in [-0.2, -0.15) is 0 Å². The highest BCUT2D eigenvalue weighted by Gasteiger charge is 2.14. The molecular formula is C20H22O. The second-order valence-electron chi connectivity index (χ2n) is 6.45. The quantitative estimate of drug-likeness (QED) is 0.551. The van der Waals surface area contributed by atoms with Gasteiger partial charge < -0.3 is 0 Å². The van der Waals surface area contributed by atoms with Gasteiger partial charge in [-0.05, 0) is 46.7 Å². The largest absolute Gasteiger partial charge is 0.298 e. The van der Waals surface area contributed by atoms with Crippen molar-refractivity contribution >= 4 is 18.4 Å². The summed E-state index contributed by atoms with van der Waals surface area (Å²) in [6.45, 7) is 8.57. The molecule has 2 rings (SSSR count). The van der Waals surface area contributed by atoms with Crippen molar-refractivity contribution in [2.45, 2.75) is 33.1 Å². The van der Waals surface area contributed by atoms with E-state index in [1.165, 1.54) is 16.7 Å². The van der Waals surface area contributed by atoms with Gasteiger partial charge in [0.05, 0.1) is 0 Å². The van der Waals surface area contributed by atoms with Crippen molar-refractivity contribution in [3.63, 3.8) is 0 Å². The maximum absolute atomic E-state index is 11.1. The molecule has 0 aliphatic heterocycles.